The maximum Gasteiger partial charge on any atom is 0.326 e. The molecule has 0 saturated heterocycles. The highest BCUT2D eigenvalue weighted by atomic mass is 16.4. The topological polar surface area (TPSA) is 187 Å². The summed E-state index contributed by atoms with van der Waals surface area (Å²) in [6, 6.07) is 11.7. The predicted octanol–water partition coefficient (Wildman–Crippen LogP) is 1.25. The van der Waals surface area contributed by atoms with E-state index in [9.17, 15) is 29.4 Å². The molecule has 0 saturated carbocycles. The van der Waals surface area contributed by atoms with Gasteiger partial charge in [0.05, 0.1) is 12.1 Å². The number of nitrogens with one attached hydrogen (secondary N) is 4. The molecule has 11 heteroatoms. The first-order valence-electron chi connectivity index (χ1n) is 13.6. The molecular formula is C30H39N5O6. The maximum atomic E-state index is 13.3. The van der Waals surface area contributed by atoms with Gasteiger partial charge in [-0.1, -0.05) is 62.4 Å². The first-order valence-corrected chi connectivity index (χ1v) is 13.6. The maximum absolute atomic E-state index is 13.3. The summed E-state index contributed by atoms with van der Waals surface area (Å²) in [4.78, 5) is 54.4. The molecule has 1 heterocycles. The van der Waals surface area contributed by atoms with E-state index in [-0.39, 0.29) is 25.2 Å². The minimum absolute atomic E-state index is 0.00172. The van der Waals surface area contributed by atoms with E-state index in [0.29, 0.717) is 0 Å². The highest BCUT2D eigenvalue weighted by Crippen LogP contribution is 2.19. The zero-order valence-corrected chi connectivity index (χ0v) is 23.5. The second kappa shape index (κ2) is 14.4. The van der Waals surface area contributed by atoms with Gasteiger partial charge in [0.25, 0.3) is 0 Å². The van der Waals surface area contributed by atoms with Crippen molar-refractivity contribution >= 4 is 34.6 Å². The second-order valence-corrected chi connectivity index (χ2v) is 10.7. The molecule has 3 aromatic rings. The molecule has 5 unspecified atom stereocenters. The van der Waals surface area contributed by atoms with E-state index in [1.807, 2.05) is 38.1 Å². The molecule has 220 valence electrons. The number of para-hydroxylation sites is 1. The van der Waals surface area contributed by atoms with Crippen LogP contribution in [0.1, 0.15) is 38.3 Å². The van der Waals surface area contributed by atoms with Crippen molar-refractivity contribution in [2.45, 2.75) is 70.3 Å². The van der Waals surface area contributed by atoms with Gasteiger partial charge in [-0.15, -0.1) is 0 Å². The van der Waals surface area contributed by atoms with Gasteiger partial charge in [-0.05, 0) is 42.9 Å². The number of carboxylic acid groups (broad SMARTS) is 1. The number of carboxylic acids is 1. The van der Waals surface area contributed by atoms with Gasteiger partial charge in [0.15, 0.2) is 0 Å². The van der Waals surface area contributed by atoms with E-state index >= 15 is 0 Å². The fourth-order valence-electron chi connectivity index (χ4n) is 4.58. The van der Waals surface area contributed by atoms with E-state index in [1.54, 1.807) is 36.5 Å². The average Bonchev–Trinajstić information content (AvgIpc) is 3.33. The number of benzene rings is 2. The molecule has 11 nitrogen and oxygen atoms in total. The van der Waals surface area contributed by atoms with Crippen LogP contribution in [0.25, 0.3) is 10.9 Å². The normalized spacial score (nSPS) is 15.0. The Morgan fingerprint density at radius 2 is 1.46 bits per heavy atom. The number of nitrogens with two attached hydrogens (primary N) is 1. The molecular weight excluding hydrogens is 526 g/mol. The van der Waals surface area contributed by atoms with Crippen LogP contribution in [0.5, 0.6) is 0 Å². The number of aliphatic hydroxyl groups excluding tert-OH is 1. The lowest BCUT2D eigenvalue weighted by molar-refractivity contribution is -0.143. The monoisotopic (exact) mass is 565 g/mol. The van der Waals surface area contributed by atoms with Gasteiger partial charge in [0, 0.05) is 23.5 Å². The Balaban J connectivity index is 1.73. The zero-order chi connectivity index (χ0) is 30.1. The van der Waals surface area contributed by atoms with Crippen LogP contribution in [0, 0.1) is 5.92 Å². The quantitative estimate of drug-likeness (QED) is 0.153. The van der Waals surface area contributed by atoms with Crippen molar-refractivity contribution in [1.82, 2.24) is 20.9 Å². The fourth-order valence-corrected chi connectivity index (χ4v) is 4.58. The van der Waals surface area contributed by atoms with Gasteiger partial charge < -0.3 is 36.9 Å². The molecule has 1 aromatic heterocycles. The third-order valence-corrected chi connectivity index (χ3v) is 6.75. The Labute approximate surface area is 238 Å². The summed E-state index contributed by atoms with van der Waals surface area (Å²) < 4.78 is 0. The number of carbonyl (C=O) groups is 4. The van der Waals surface area contributed by atoms with Crippen molar-refractivity contribution in [3.05, 3.63) is 71.9 Å². The zero-order valence-electron chi connectivity index (χ0n) is 23.5. The van der Waals surface area contributed by atoms with Crippen molar-refractivity contribution in [3.8, 4) is 0 Å². The van der Waals surface area contributed by atoms with E-state index in [1.165, 1.54) is 6.92 Å². The van der Waals surface area contributed by atoms with Crippen molar-refractivity contribution in [2.24, 2.45) is 11.7 Å². The van der Waals surface area contributed by atoms with E-state index < -0.39 is 54.0 Å². The molecule has 5 atom stereocenters. The lowest BCUT2D eigenvalue weighted by atomic mass is 10.0. The molecule has 0 spiro atoms. The minimum atomic E-state index is -1.41. The second-order valence-electron chi connectivity index (χ2n) is 10.7. The number of H-pyrrole nitrogens is 1. The Morgan fingerprint density at radius 1 is 0.829 bits per heavy atom. The Bertz CT molecular complexity index is 1340. The first kappa shape index (κ1) is 31.3. The number of aromatic nitrogens is 1. The van der Waals surface area contributed by atoms with Gasteiger partial charge in [-0.2, -0.15) is 0 Å². The van der Waals surface area contributed by atoms with Gasteiger partial charge >= 0.3 is 5.97 Å². The van der Waals surface area contributed by atoms with Crippen molar-refractivity contribution in [2.75, 3.05) is 0 Å². The summed E-state index contributed by atoms with van der Waals surface area (Å²) in [5, 5.41) is 28.5. The van der Waals surface area contributed by atoms with E-state index in [0.717, 1.165) is 22.0 Å². The number of aromatic amines is 1. The Hall–Kier alpha value is -4.22. The van der Waals surface area contributed by atoms with Crippen LogP contribution in [0.15, 0.2) is 60.8 Å². The minimum Gasteiger partial charge on any atom is -0.480 e. The SMILES string of the molecule is CC(C)CC(NC(=O)C(Cc1ccccc1)NC(=O)C(NC(=O)C(N)Cc1c[nH]c2ccccc12)C(C)O)C(=O)O. The molecule has 0 fully saturated rings. The number of aliphatic hydroxyl groups is 1. The van der Waals surface area contributed by atoms with Crippen molar-refractivity contribution in [3.63, 3.8) is 0 Å². The van der Waals surface area contributed by atoms with E-state index in [2.05, 4.69) is 20.9 Å². The van der Waals surface area contributed by atoms with Gasteiger partial charge in [-0.3, -0.25) is 14.4 Å². The van der Waals surface area contributed by atoms with Gasteiger partial charge in [0.1, 0.15) is 18.1 Å². The summed E-state index contributed by atoms with van der Waals surface area (Å²) in [6.07, 6.45) is 0.913. The smallest absolute Gasteiger partial charge is 0.326 e. The summed E-state index contributed by atoms with van der Waals surface area (Å²) in [6.45, 7) is 5.01. The number of fused-ring (bicyclic) bond motifs is 1. The third-order valence-electron chi connectivity index (χ3n) is 6.75. The fraction of sp³-hybridized carbons (Fsp3) is 0.400. The van der Waals surface area contributed by atoms with Crippen LogP contribution >= 0.6 is 0 Å². The molecule has 3 amide bonds. The number of carbonyl (C=O) groups excluding carboxylic acids is 3. The molecule has 3 rings (SSSR count). The number of hydrogen-bond donors (Lipinski definition) is 7. The molecule has 0 aliphatic rings. The number of rotatable bonds is 14. The number of amides is 3. The van der Waals surface area contributed by atoms with Gasteiger partial charge in [-0.25, -0.2) is 4.79 Å². The predicted molar refractivity (Wildman–Crippen MR) is 155 cm³/mol. The summed E-state index contributed by atoms with van der Waals surface area (Å²) in [7, 11) is 0. The summed E-state index contributed by atoms with van der Waals surface area (Å²) in [5.41, 5.74) is 8.62. The molecule has 0 aliphatic heterocycles. The number of hydrogen-bond acceptors (Lipinski definition) is 6. The van der Waals surface area contributed by atoms with Crippen LogP contribution in [-0.4, -0.2) is 69.2 Å². The largest absolute Gasteiger partial charge is 0.480 e. The third kappa shape index (κ3) is 8.89. The highest BCUT2D eigenvalue weighted by Gasteiger charge is 2.33. The van der Waals surface area contributed by atoms with Crippen LogP contribution in [0.2, 0.25) is 0 Å². The molecule has 41 heavy (non-hydrogen) atoms. The van der Waals surface area contributed by atoms with E-state index in [4.69, 9.17) is 5.73 Å². The van der Waals surface area contributed by atoms with Crippen LogP contribution in [-0.2, 0) is 32.0 Å². The van der Waals surface area contributed by atoms with Crippen LogP contribution < -0.4 is 21.7 Å². The average molecular weight is 566 g/mol. The molecule has 2 aromatic carbocycles. The Kier molecular flexibility index (Phi) is 11.0. The molecule has 0 radical (unpaired) electrons. The van der Waals surface area contributed by atoms with Crippen LogP contribution in [0.3, 0.4) is 0 Å². The lowest BCUT2D eigenvalue weighted by Gasteiger charge is -2.27. The highest BCUT2D eigenvalue weighted by molar-refractivity contribution is 5.95. The molecule has 8 N–H and O–H groups in total. The Morgan fingerprint density at radius 3 is 2.10 bits per heavy atom. The first-order chi connectivity index (χ1) is 19.5. The summed E-state index contributed by atoms with van der Waals surface area (Å²) in [5.74, 6) is -3.33. The number of aliphatic carboxylic acids is 1. The molecule has 0 bridgehead atoms. The van der Waals surface area contributed by atoms with Crippen LogP contribution in [0.4, 0.5) is 0 Å². The molecule has 0 aliphatic carbocycles. The standard InChI is InChI=1S/C30H39N5O6/c1-17(2)13-25(30(40)41)34-28(38)24(14-19-9-5-4-6-10-19)33-29(39)26(18(3)36)35-27(37)22(31)15-20-16-32-23-12-8-7-11-21(20)23/h4-12,16-18,22,24-26,32,36H,13-15,31H2,1-3H3,(H,33,39)(H,34,38)(H,35,37)(H,40,41). The lowest BCUT2D eigenvalue weighted by Crippen LogP contribution is -2.60. The van der Waals surface area contributed by atoms with Crippen molar-refractivity contribution < 1.29 is 29.4 Å². The van der Waals surface area contributed by atoms with Gasteiger partial charge in [0.2, 0.25) is 17.7 Å². The van der Waals surface area contributed by atoms with Crippen molar-refractivity contribution in [1.29, 1.82) is 0 Å². The summed E-state index contributed by atoms with van der Waals surface area (Å²) >= 11 is 0.